The van der Waals surface area contributed by atoms with E-state index in [2.05, 4.69) is 44.1 Å². The quantitative estimate of drug-likeness (QED) is 0.101. The third-order valence-corrected chi connectivity index (χ3v) is 8.75. The zero-order valence-corrected chi connectivity index (χ0v) is 26.3. The molecule has 248 valence electrons. The lowest BCUT2D eigenvalue weighted by Gasteiger charge is -2.43. The summed E-state index contributed by atoms with van der Waals surface area (Å²) in [5.74, 6) is 4.79. The highest BCUT2D eigenvalue weighted by Crippen LogP contribution is 2.40. The summed E-state index contributed by atoms with van der Waals surface area (Å²) in [7, 11) is 3.70. The molecule has 12 nitrogen and oxygen atoms in total. The average molecular weight is 640 g/mol. The van der Waals surface area contributed by atoms with E-state index in [4.69, 9.17) is 21.2 Å². The standard InChI is InChI=1S/C32H43F2N9O3/c1-4-32(44)38-25-18-26(29(45-3)19-28(25)42-10-7-22(8-11-42)41-14-12-40(2)13-15-41)37-30(35)20-31(39-36)43-27(9-16-46-43)23-6-5-21(33)17-24(23)34/h4-6,17-20,22,27,39H,1,7-16,36H2,2-3H3,(H2,35,37)(H,38,44)/b31-20+/t27-/m1/s1. The average Bonchev–Trinajstić information content (AvgIpc) is 3.53. The molecule has 6 N–H and O–H groups in total. The second-order valence-electron chi connectivity index (χ2n) is 11.6. The largest absolute Gasteiger partial charge is 0.494 e. The maximum atomic E-state index is 14.6. The number of piperazine rings is 1. The van der Waals surface area contributed by atoms with E-state index in [0.29, 0.717) is 29.6 Å². The Balaban J connectivity index is 1.39. The molecule has 3 heterocycles. The molecule has 3 saturated heterocycles. The Morgan fingerprint density at radius 3 is 2.50 bits per heavy atom. The lowest BCUT2D eigenvalue weighted by atomic mass is 10.0. The van der Waals surface area contributed by atoms with Crippen molar-refractivity contribution in [2.24, 2.45) is 16.6 Å². The Labute approximate surface area is 268 Å². The van der Waals surface area contributed by atoms with Gasteiger partial charge in [0.25, 0.3) is 0 Å². The summed E-state index contributed by atoms with van der Waals surface area (Å²) in [6.07, 6.45) is 5.11. The van der Waals surface area contributed by atoms with Gasteiger partial charge in [-0.05, 0) is 38.1 Å². The minimum absolute atomic E-state index is 0.0295. The van der Waals surface area contributed by atoms with Crippen LogP contribution in [-0.4, -0.2) is 92.7 Å². The molecule has 0 bridgehead atoms. The van der Waals surface area contributed by atoms with E-state index in [-0.39, 0.29) is 29.7 Å². The number of nitrogens with one attached hydrogen (secondary N) is 2. The van der Waals surface area contributed by atoms with Gasteiger partial charge in [0.05, 0.1) is 31.1 Å². The third-order valence-electron chi connectivity index (χ3n) is 8.75. The van der Waals surface area contributed by atoms with Crippen molar-refractivity contribution >= 4 is 28.8 Å². The molecule has 5 rings (SSSR count). The molecule has 1 atom stereocenters. The first-order valence-electron chi connectivity index (χ1n) is 15.4. The number of likely N-dealkylation sites (N-methyl/N-ethyl adjacent to an activating group) is 1. The highest BCUT2D eigenvalue weighted by molar-refractivity contribution is 6.02. The van der Waals surface area contributed by atoms with Gasteiger partial charge in [0.2, 0.25) is 5.91 Å². The number of benzene rings is 2. The van der Waals surface area contributed by atoms with Crippen LogP contribution in [0.3, 0.4) is 0 Å². The summed E-state index contributed by atoms with van der Waals surface area (Å²) in [6.45, 7) is 9.84. The summed E-state index contributed by atoms with van der Waals surface area (Å²) in [4.78, 5) is 29.9. The number of amidine groups is 1. The van der Waals surface area contributed by atoms with Gasteiger partial charge >= 0.3 is 0 Å². The maximum Gasteiger partial charge on any atom is 0.247 e. The predicted molar refractivity (Wildman–Crippen MR) is 174 cm³/mol. The Morgan fingerprint density at radius 1 is 1.11 bits per heavy atom. The van der Waals surface area contributed by atoms with E-state index in [1.165, 1.54) is 29.3 Å². The molecule has 1 amide bonds. The number of amides is 1. The molecule has 3 aliphatic rings. The Kier molecular flexibility index (Phi) is 10.7. The van der Waals surface area contributed by atoms with Crippen molar-refractivity contribution in [3.8, 4) is 5.75 Å². The van der Waals surface area contributed by atoms with Gasteiger partial charge in [0.1, 0.15) is 34.7 Å². The van der Waals surface area contributed by atoms with Crippen molar-refractivity contribution in [3.05, 3.63) is 72.1 Å². The number of carbonyl (C=O) groups is 1. The summed E-state index contributed by atoms with van der Waals surface area (Å²) in [6, 6.07) is 6.91. The molecule has 0 saturated carbocycles. The summed E-state index contributed by atoms with van der Waals surface area (Å²) < 4.78 is 33.9. The fraction of sp³-hybridized carbons (Fsp3) is 0.438. The fourth-order valence-corrected chi connectivity index (χ4v) is 6.25. The van der Waals surface area contributed by atoms with Crippen LogP contribution in [0, 0.1) is 11.6 Å². The van der Waals surface area contributed by atoms with Gasteiger partial charge < -0.3 is 31.0 Å². The van der Waals surface area contributed by atoms with Crippen LogP contribution in [-0.2, 0) is 9.63 Å². The highest BCUT2D eigenvalue weighted by atomic mass is 19.1. The van der Waals surface area contributed by atoms with Gasteiger partial charge in [0.15, 0.2) is 0 Å². The minimum atomic E-state index is -0.694. The number of rotatable bonds is 10. The molecule has 46 heavy (non-hydrogen) atoms. The normalized spacial score (nSPS) is 20.6. The number of hydrogen-bond acceptors (Lipinski definition) is 10. The van der Waals surface area contributed by atoms with Crippen LogP contribution in [0.15, 0.2) is 59.9 Å². The van der Waals surface area contributed by atoms with Crippen LogP contribution in [0.2, 0.25) is 0 Å². The van der Waals surface area contributed by atoms with E-state index >= 15 is 0 Å². The van der Waals surface area contributed by atoms with Crippen molar-refractivity contribution in [2.45, 2.75) is 31.3 Å². The zero-order valence-electron chi connectivity index (χ0n) is 26.3. The number of halogens is 2. The fourth-order valence-electron chi connectivity index (χ4n) is 6.25. The third kappa shape index (κ3) is 7.58. The second kappa shape index (κ2) is 14.9. The minimum Gasteiger partial charge on any atom is -0.494 e. The van der Waals surface area contributed by atoms with Crippen LogP contribution in [0.25, 0.3) is 0 Å². The zero-order chi connectivity index (χ0) is 32.8. The van der Waals surface area contributed by atoms with Gasteiger partial charge in [-0.3, -0.25) is 14.5 Å². The van der Waals surface area contributed by atoms with Crippen LogP contribution in [0.5, 0.6) is 5.75 Å². The van der Waals surface area contributed by atoms with E-state index < -0.39 is 17.7 Å². The van der Waals surface area contributed by atoms with Crippen molar-refractivity contribution in [3.63, 3.8) is 0 Å². The number of aliphatic imine (C=N–C) groups is 1. The van der Waals surface area contributed by atoms with E-state index in [9.17, 15) is 13.6 Å². The summed E-state index contributed by atoms with van der Waals surface area (Å²) in [5.41, 5.74) is 10.9. The first-order chi connectivity index (χ1) is 22.2. The molecule has 2 aromatic carbocycles. The van der Waals surface area contributed by atoms with Crippen molar-refractivity contribution in [1.82, 2.24) is 20.3 Å². The number of hydrogen-bond donors (Lipinski definition) is 4. The van der Waals surface area contributed by atoms with Gasteiger partial charge in [-0.1, -0.05) is 12.6 Å². The number of piperidine rings is 1. The molecule has 14 heteroatoms. The number of hydroxylamine groups is 2. The molecule has 0 radical (unpaired) electrons. The van der Waals surface area contributed by atoms with Crippen molar-refractivity contribution in [1.29, 1.82) is 0 Å². The number of carbonyl (C=O) groups excluding carboxylic acids is 1. The number of nitrogens with zero attached hydrogens (tertiary/aromatic N) is 5. The first-order valence-corrected chi connectivity index (χ1v) is 15.4. The molecule has 2 aromatic rings. The molecule has 0 aromatic heterocycles. The topological polar surface area (TPSA) is 137 Å². The van der Waals surface area contributed by atoms with Crippen LogP contribution in [0.4, 0.5) is 25.8 Å². The van der Waals surface area contributed by atoms with E-state index in [1.807, 2.05) is 6.07 Å². The van der Waals surface area contributed by atoms with Crippen LogP contribution >= 0.6 is 0 Å². The second-order valence-corrected chi connectivity index (χ2v) is 11.6. The SMILES string of the molecule is C=CC(=O)Nc1cc(N=C(N)/C=C(\NN)N2OCC[C@@H]2c2ccc(F)cc2F)c(OC)cc1N1CCC(N2CCN(C)CC2)CC1. The summed E-state index contributed by atoms with van der Waals surface area (Å²) >= 11 is 0. The van der Waals surface area contributed by atoms with Crippen LogP contribution in [0.1, 0.15) is 30.9 Å². The number of methoxy groups -OCH3 is 1. The van der Waals surface area contributed by atoms with Gasteiger partial charge in [-0.25, -0.2) is 24.7 Å². The van der Waals surface area contributed by atoms with Crippen molar-refractivity contribution in [2.75, 3.05) is 70.2 Å². The number of hydrazine groups is 1. The lowest BCUT2D eigenvalue weighted by Crippen LogP contribution is -2.52. The number of nitrogens with two attached hydrogens (primary N) is 2. The van der Waals surface area contributed by atoms with E-state index in [1.54, 1.807) is 13.2 Å². The predicted octanol–water partition coefficient (Wildman–Crippen LogP) is 2.99. The number of ether oxygens (including phenoxy) is 1. The molecule has 3 fully saturated rings. The van der Waals surface area contributed by atoms with Crippen molar-refractivity contribution < 1.29 is 23.1 Å². The van der Waals surface area contributed by atoms with Gasteiger partial charge in [0, 0.05) is 75.5 Å². The monoisotopic (exact) mass is 639 g/mol. The molecule has 3 aliphatic heterocycles. The molecular weight excluding hydrogens is 596 g/mol. The highest BCUT2D eigenvalue weighted by Gasteiger charge is 2.32. The summed E-state index contributed by atoms with van der Waals surface area (Å²) in [5, 5.41) is 4.30. The molecular formula is C32H43F2N9O3. The Morgan fingerprint density at radius 2 is 1.85 bits per heavy atom. The maximum absolute atomic E-state index is 14.6. The molecule has 0 unspecified atom stereocenters. The van der Waals surface area contributed by atoms with Crippen LogP contribution < -0.4 is 32.0 Å². The van der Waals surface area contributed by atoms with Gasteiger partial charge in [-0.15, -0.1) is 0 Å². The lowest BCUT2D eigenvalue weighted by molar-refractivity contribution is -0.111. The molecule has 0 spiro atoms. The number of anilines is 2. The Hall–Kier alpha value is -4.24. The molecule has 0 aliphatic carbocycles. The first kappa shape index (κ1) is 33.1. The smallest absolute Gasteiger partial charge is 0.247 e. The van der Waals surface area contributed by atoms with E-state index in [0.717, 1.165) is 63.9 Å². The Bertz CT molecular complexity index is 1470. The van der Waals surface area contributed by atoms with Gasteiger partial charge in [-0.2, -0.15) is 0 Å².